The molecule has 0 heterocycles. The highest BCUT2D eigenvalue weighted by molar-refractivity contribution is 5.62. The van der Waals surface area contributed by atoms with Gasteiger partial charge in [0.05, 0.1) is 4.92 Å². The molecule has 19 heavy (non-hydrogen) atoms. The van der Waals surface area contributed by atoms with Crippen molar-refractivity contribution < 1.29 is 4.92 Å². The van der Waals surface area contributed by atoms with E-state index in [1.54, 1.807) is 12.1 Å². The maximum absolute atomic E-state index is 11.1. The van der Waals surface area contributed by atoms with Gasteiger partial charge in [0.2, 0.25) is 0 Å². The van der Waals surface area contributed by atoms with Crippen molar-refractivity contribution in [1.82, 2.24) is 4.90 Å². The average Bonchev–Trinajstić information content (AvgIpc) is 2.30. The summed E-state index contributed by atoms with van der Waals surface area (Å²) >= 11 is 0. The van der Waals surface area contributed by atoms with Crippen LogP contribution in [0, 0.1) is 16.0 Å². The SMILES string of the molecule is CCNc1ccc(CN(C)CC(C)C)cc1[N+](=O)[O-]. The van der Waals surface area contributed by atoms with Crippen LogP contribution in [0.1, 0.15) is 26.3 Å². The minimum Gasteiger partial charge on any atom is -0.380 e. The summed E-state index contributed by atoms with van der Waals surface area (Å²) in [5.41, 5.74) is 1.71. The standard InChI is InChI=1S/C14H23N3O2/c1-5-15-13-7-6-12(8-14(13)17(18)19)10-16(4)9-11(2)3/h6-8,11,15H,5,9-10H2,1-4H3. The van der Waals surface area contributed by atoms with Gasteiger partial charge in [0.15, 0.2) is 0 Å². The molecule has 0 saturated heterocycles. The van der Waals surface area contributed by atoms with Gasteiger partial charge in [-0.3, -0.25) is 10.1 Å². The fourth-order valence-electron chi connectivity index (χ4n) is 2.17. The van der Waals surface area contributed by atoms with Gasteiger partial charge in [-0.05, 0) is 31.5 Å². The van der Waals surface area contributed by atoms with Crippen molar-refractivity contribution in [3.8, 4) is 0 Å². The molecule has 5 heteroatoms. The van der Waals surface area contributed by atoms with Gasteiger partial charge in [-0.15, -0.1) is 0 Å². The van der Waals surface area contributed by atoms with Crippen LogP contribution in [0.5, 0.6) is 0 Å². The van der Waals surface area contributed by atoms with Crippen molar-refractivity contribution in [2.45, 2.75) is 27.3 Å². The van der Waals surface area contributed by atoms with E-state index in [1.165, 1.54) is 0 Å². The molecule has 0 fully saturated rings. The number of benzene rings is 1. The predicted octanol–water partition coefficient (Wildman–Crippen LogP) is 3.11. The first-order chi connectivity index (χ1) is 8.93. The Morgan fingerprint density at radius 3 is 2.63 bits per heavy atom. The number of nitro groups is 1. The lowest BCUT2D eigenvalue weighted by atomic mass is 10.1. The first-order valence-electron chi connectivity index (χ1n) is 6.63. The second-order valence-corrected chi connectivity index (χ2v) is 5.23. The molecule has 0 aromatic heterocycles. The van der Waals surface area contributed by atoms with Gasteiger partial charge >= 0.3 is 0 Å². The lowest BCUT2D eigenvalue weighted by Crippen LogP contribution is -2.22. The average molecular weight is 265 g/mol. The Bertz CT molecular complexity index is 433. The van der Waals surface area contributed by atoms with Crippen LogP contribution in [0.2, 0.25) is 0 Å². The molecule has 0 aliphatic rings. The van der Waals surface area contributed by atoms with Crippen LogP contribution in [0.3, 0.4) is 0 Å². The summed E-state index contributed by atoms with van der Waals surface area (Å²) in [6.45, 7) is 8.62. The molecule has 0 aliphatic heterocycles. The molecule has 1 aromatic carbocycles. The Morgan fingerprint density at radius 2 is 2.11 bits per heavy atom. The molecule has 5 nitrogen and oxygen atoms in total. The summed E-state index contributed by atoms with van der Waals surface area (Å²) in [5, 5.41) is 14.1. The fourth-order valence-corrected chi connectivity index (χ4v) is 2.17. The van der Waals surface area contributed by atoms with Crippen LogP contribution in [-0.2, 0) is 6.54 Å². The van der Waals surface area contributed by atoms with Gasteiger partial charge in [-0.2, -0.15) is 0 Å². The van der Waals surface area contributed by atoms with Gasteiger partial charge < -0.3 is 10.2 Å². The van der Waals surface area contributed by atoms with Crippen molar-refractivity contribution in [2.24, 2.45) is 5.92 Å². The maximum atomic E-state index is 11.1. The molecule has 0 atom stereocenters. The molecule has 0 bridgehead atoms. The van der Waals surface area contributed by atoms with E-state index in [-0.39, 0.29) is 10.6 Å². The molecule has 1 N–H and O–H groups in total. The van der Waals surface area contributed by atoms with Crippen molar-refractivity contribution in [3.63, 3.8) is 0 Å². The largest absolute Gasteiger partial charge is 0.380 e. The molecule has 1 rings (SSSR count). The van der Waals surface area contributed by atoms with Crippen LogP contribution in [0.4, 0.5) is 11.4 Å². The summed E-state index contributed by atoms with van der Waals surface area (Å²) in [4.78, 5) is 12.9. The molecule has 1 aromatic rings. The number of hydrogen-bond acceptors (Lipinski definition) is 4. The number of anilines is 1. The topological polar surface area (TPSA) is 58.4 Å². The number of hydrogen-bond donors (Lipinski definition) is 1. The van der Waals surface area contributed by atoms with Crippen LogP contribution in [0.25, 0.3) is 0 Å². The summed E-state index contributed by atoms with van der Waals surface area (Å²) in [7, 11) is 2.03. The lowest BCUT2D eigenvalue weighted by molar-refractivity contribution is -0.384. The van der Waals surface area contributed by atoms with Crippen LogP contribution < -0.4 is 5.32 Å². The predicted molar refractivity (Wildman–Crippen MR) is 78.4 cm³/mol. The molecule has 106 valence electrons. The Hall–Kier alpha value is -1.62. The third-order valence-electron chi connectivity index (χ3n) is 2.76. The molecule has 0 unspecified atom stereocenters. The van der Waals surface area contributed by atoms with Crippen LogP contribution in [-0.4, -0.2) is 30.0 Å². The van der Waals surface area contributed by atoms with Crippen molar-refractivity contribution in [1.29, 1.82) is 0 Å². The second-order valence-electron chi connectivity index (χ2n) is 5.23. The number of nitrogens with one attached hydrogen (secondary N) is 1. The lowest BCUT2D eigenvalue weighted by Gasteiger charge is -2.19. The summed E-state index contributed by atoms with van der Waals surface area (Å²) in [5.74, 6) is 0.584. The zero-order valence-electron chi connectivity index (χ0n) is 12.1. The molecular formula is C14H23N3O2. The summed E-state index contributed by atoms with van der Waals surface area (Å²) < 4.78 is 0. The third-order valence-corrected chi connectivity index (χ3v) is 2.76. The highest BCUT2D eigenvalue weighted by atomic mass is 16.6. The molecular weight excluding hydrogens is 242 g/mol. The quantitative estimate of drug-likeness (QED) is 0.608. The van der Waals surface area contributed by atoms with E-state index in [9.17, 15) is 10.1 Å². The van der Waals surface area contributed by atoms with Crippen LogP contribution >= 0.6 is 0 Å². The minimum atomic E-state index is -0.329. The zero-order valence-corrected chi connectivity index (χ0v) is 12.1. The molecule has 0 saturated carbocycles. The minimum absolute atomic E-state index is 0.150. The van der Waals surface area contributed by atoms with E-state index in [0.717, 1.165) is 18.7 Å². The normalized spacial score (nSPS) is 11.1. The Morgan fingerprint density at radius 1 is 1.42 bits per heavy atom. The Labute approximate surface area is 114 Å². The molecule has 0 amide bonds. The maximum Gasteiger partial charge on any atom is 0.292 e. The van der Waals surface area contributed by atoms with E-state index in [1.807, 2.05) is 20.0 Å². The molecule has 0 radical (unpaired) electrons. The number of rotatable bonds is 7. The second kappa shape index (κ2) is 7.09. The van der Waals surface area contributed by atoms with Crippen molar-refractivity contribution in [2.75, 3.05) is 25.5 Å². The van der Waals surface area contributed by atoms with E-state index in [0.29, 0.717) is 18.2 Å². The highest BCUT2D eigenvalue weighted by Crippen LogP contribution is 2.25. The summed E-state index contributed by atoms with van der Waals surface area (Å²) in [6, 6.07) is 5.40. The number of nitro benzene ring substituents is 1. The zero-order chi connectivity index (χ0) is 14.4. The van der Waals surface area contributed by atoms with Gasteiger partial charge in [0.1, 0.15) is 5.69 Å². The fraction of sp³-hybridized carbons (Fsp3) is 0.571. The van der Waals surface area contributed by atoms with Gasteiger partial charge in [-0.25, -0.2) is 0 Å². The smallest absolute Gasteiger partial charge is 0.292 e. The van der Waals surface area contributed by atoms with E-state index in [4.69, 9.17) is 0 Å². The first-order valence-corrected chi connectivity index (χ1v) is 6.63. The molecule has 0 spiro atoms. The van der Waals surface area contributed by atoms with E-state index in [2.05, 4.69) is 24.1 Å². The highest BCUT2D eigenvalue weighted by Gasteiger charge is 2.14. The Balaban J connectivity index is 2.86. The van der Waals surface area contributed by atoms with Crippen molar-refractivity contribution in [3.05, 3.63) is 33.9 Å². The van der Waals surface area contributed by atoms with Gasteiger partial charge in [0.25, 0.3) is 5.69 Å². The first kappa shape index (κ1) is 15.4. The monoisotopic (exact) mass is 265 g/mol. The van der Waals surface area contributed by atoms with E-state index >= 15 is 0 Å². The summed E-state index contributed by atoms with van der Waals surface area (Å²) in [6.07, 6.45) is 0. The van der Waals surface area contributed by atoms with E-state index < -0.39 is 0 Å². The van der Waals surface area contributed by atoms with Gasteiger partial charge in [-0.1, -0.05) is 19.9 Å². The van der Waals surface area contributed by atoms with Crippen LogP contribution in [0.15, 0.2) is 18.2 Å². The van der Waals surface area contributed by atoms with Gasteiger partial charge in [0, 0.05) is 25.7 Å². The molecule has 0 aliphatic carbocycles. The third kappa shape index (κ3) is 4.87. The number of nitrogens with zero attached hydrogens (tertiary/aromatic N) is 2. The Kier molecular flexibility index (Phi) is 5.76. The van der Waals surface area contributed by atoms with Crippen molar-refractivity contribution >= 4 is 11.4 Å².